The van der Waals surface area contributed by atoms with Crippen LogP contribution in [0.3, 0.4) is 0 Å². The summed E-state index contributed by atoms with van der Waals surface area (Å²) in [5.74, 6) is -0.208. The summed E-state index contributed by atoms with van der Waals surface area (Å²) >= 11 is 3.35. The summed E-state index contributed by atoms with van der Waals surface area (Å²) in [5.41, 5.74) is 0. The molecule has 0 aromatic rings. The van der Waals surface area contributed by atoms with E-state index in [-0.39, 0.29) is 18.9 Å². The number of carbonyl (C=O) groups excluding carboxylic acids is 1. The van der Waals surface area contributed by atoms with Crippen molar-refractivity contribution in [2.24, 2.45) is 0 Å². The minimum absolute atomic E-state index is 0.0246. The first kappa shape index (κ1) is 16.7. The first-order chi connectivity index (χ1) is 7.72. The molecule has 0 aliphatic rings. The van der Waals surface area contributed by atoms with Crippen LogP contribution >= 0.6 is 15.9 Å². The predicted molar refractivity (Wildman–Crippen MR) is 62.1 cm³/mol. The summed E-state index contributed by atoms with van der Waals surface area (Å²) in [7, 11) is 1.63. The number of rotatable bonds is 7. The maximum Gasteiger partial charge on any atom is 0.411 e. The van der Waals surface area contributed by atoms with Crippen LogP contribution in [0.5, 0.6) is 0 Å². The zero-order valence-electron chi connectivity index (χ0n) is 9.89. The molecule has 0 rings (SSSR count). The largest absolute Gasteiger partial charge is 0.411 e. The molecule has 0 aliphatic carbocycles. The van der Waals surface area contributed by atoms with Crippen LogP contribution in [-0.4, -0.2) is 48.6 Å². The molecular weight excluding hydrogens is 303 g/mol. The van der Waals surface area contributed by atoms with Crippen LogP contribution in [0.1, 0.15) is 19.8 Å². The van der Waals surface area contributed by atoms with E-state index >= 15 is 0 Å². The Bertz CT molecular complexity index is 234. The SMILES string of the molecule is CC(Br)CCN(C)C(=O)CCOCC(F)(F)F. The van der Waals surface area contributed by atoms with Gasteiger partial charge in [0.15, 0.2) is 0 Å². The highest BCUT2D eigenvalue weighted by Gasteiger charge is 2.27. The number of ether oxygens (including phenoxy) is 1. The molecule has 0 N–H and O–H groups in total. The Labute approximate surface area is 107 Å². The monoisotopic (exact) mass is 319 g/mol. The first-order valence-corrected chi connectivity index (χ1v) is 6.16. The summed E-state index contributed by atoms with van der Waals surface area (Å²) in [5, 5.41) is 0. The molecule has 0 fully saturated rings. The van der Waals surface area contributed by atoms with Gasteiger partial charge in [-0.05, 0) is 6.42 Å². The first-order valence-electron chi connectivity index (χ1n) is 5.25. The standard InChI is InChI=1S/C10H17BrF3NO2/c1-8(11)3-5-15(2)9(16)4-6-17-7-10(12,13)14/h8H,3-7H2,1-2H3. The third-order valence-electron chi connectivity index (χ3n) is 2.01. The molecule has 0 aromatic carbocycles. The number of nitrogens with zero attached hydrogens (tertiary/aromatic N) is 1. The lowest BCUT2D eigenvalue weighted by Gasteiger charge is -2.18. The molecule has 102 valence electrons. The molecule has 0 radical (unpaired) electrons. The van der Waals surface area contributed by atoms with Gasteiger partial charge in [-0.15, -0.1) is 0 Å². The molecular formula is C10H17BrF3NO2. The quantitative estimate of drug-likeness (QED) is 0.533. The third kappa shape index (κ3) is 10.6. The van der Waals surface area contributed by atoms with Gasteiger partial charge in [0.25, 0.3) is 0 Å². The van der Waals surface area contributed by atoms with E-state index in [1.165, 1.54) is 4.90 Å². The molecule has 0 spiro atoms. The van der Waals surface area contributed by atoms with Gasteiger partial charge in [0.2, 0.25) is 5.91 Å². The van der Waals surface area contributed by atoms with Crippen LogP contribution in [0.2, 0.25) is 0 Å². The number of alkyl halides is 4. The molecule has 17 heavy (non-hydrogen) atoms. The maximum absolute atomic E-state index is 11.7. The minimum atomic E-state index is -4.33. The van der Waals surface area contributed by atoms with Gasteiger partial charge in [0.1, 0.15) is 6.61 Å². The highest BCUT2D eigenvalue weighted by Crippen LogP contribution is 2.14. The van der Waals surface area contributed by atoms with Gasteiger partial charge >= 0.3 is 6.18 Å². The van der Waals surface area contributed by atoms with Gasteiger partial charge < -0.3 is 9.64 Å². The lowest BCUT2D eigenvalue weighted by Crippen LogP contribution is -2.30. The van der Waals surface area contributed by atoms with Crippen LogP contribution in [0.4, 0.5) is 13.2 Å². The Hall–Kier alpha value is -0.300. The van der Waals surface area contributed by atoms with Crippen molar-refractivity contribution in [3.05, 3.63) is 0 Å². The van der Waals surface area contributed by atoms with Crippen molar-refractivity contribution in [1.29, 1.82) is 0 Å². The summed E-state index contributed by atoms with van der Waals surface area (Å²) in [6, 6.07) is 0. The maximum atomic E-state index is 11.7. The topological polar surface area (TPSA) is 29.5 Å². The Balaban J connectivity index is 3.64. The van der Waals surface area contributed by atoms with E-state index in [2.05, 4.69) is 20.7 Å². The molecule has 0 heterocycles. The molecule has 0 aromatic heterocycles. The summed E-state index contributed by atoms with van der Waals surface area (Å²) in [4.78, 5) is 13.2. The molecule has 0 saturated carbocycles. The van der Waals surface area contributed by atoms with Gasteiger partial charge in [-0.1, -0.05) is 22.9 Å². The van der Waals surface area contributed by atoms with Gasteiger partial charge in [-0.25, -0.2) is 0 Å². The van der Waals surface area contributed by atoms with E-state index in [4.69, 9.17) is 0 Å². The fraction of sp³-hybridized carbons (Fsp3) is 0.900. The summed E-state index contributed by atoms with van der Waals surface area (Å²) in [6.07, 6.45) is -3.56. The second kappa shape index (κ2) is 7.92. The smallest absolute Gasteiger partial charge is 0.372 e. The Morgan fingerprint density at radius 2 is 2.06 bits per heavy atom. The molecule has 0 saturated heterocycles. The van der Waals surface area contributed by atoms with E-state index in [0.29, 0.717) is 11.4 Å². The molecule has 1 atom stereocenters. The summed E-state index contributed by atoms with van der Waals surface area (Å²) in [6.45, 7) is 1.03. The molecule has 0 bridgehead atoms. The molecule has 7 heteroatoms. The van der Waals surface area contributed by atoms with Crippen LogP contribution in [0.15, 0.2) is 0 Å². The fourth-order valence-corrected chi connectivity index (χ4v) is 1.24. The molecule has 1 amide bonds. The van der Waals surface area contributed by atoms with E-state index in [9.17, 15) is 18.0 Å². The van der Waals surface area contributed by atoms with Gasteiger partial charge in [-0.3, -0.25) is 4.79 Å². The highest BCUT2D eigenvalue weighted by atomic mass is 79.9. The van der Waals surface area contributed by atoms with Crippen LogP contribution in [0, 0.1) is 0 Å². The van der Waals surface area contributed by atoms with Gasteiger partial charge in [-0.2, -0.15) is 13.2 Å². The van der Waals surface area contributed by atoms with E-state index in [1.807, 2.05) is 6.92 Å². The zero-order chi connectivity index (χ0) is 13.5. The van der Waals surface area contributed by atoms with Crippen molar-refractivity contribution in [2.75, 3.05) is 26.8 Å². The Morgan fingerprint density at radius 1 is 1.47 bits per heavy atom. The molecule has 3 nitrogen and oxygen atoms in total. The van der Waals surface area contributed by atoms with Crippen LogP contribution in [-0.2, 0) is 9.53 Å². The van der Waals surface area contributed by atoms with Crippen molar-refractivity contribution in [2.45, 2.75) is 30.8 Å². The number of carbonyl (C=O) groups is 1. The number of hydrogen-bond donors (Lipinski definition) is 0. The lowest BCUT2D eigenvalue weighted by molar-refractivity contribution is -0.175. The second-order valence-electron chi connectivity index (χ2n) is 3.80. The normalized spacial score (nSPS) is 13.5. The van der Waals surface area contributed by atoms with E-state index in [1.54, 1.807) is 7.05 Å². The molecule has 0 aliphatic heterocycles. The van der Waals surface area contributed by atoms with Gasteiger partial charge in [0, 0.05) is 18.4 Å². The van der Waals surface area contributed by atoms with Crippen molar-refractivity contribution in [1.82, 2.24) is 4.90 Å². The van der Waals surface area contributed by atoms with Crippen molar-refractivity contribution < 1.29 is 22.7 Å². The van der Waals surface area contributed by atoms with Crippen molar-refractivity contribution in [3.63, 3.8) is 0 Å². The Morgan fingerprint density at radius 3 is 2.53 bits per heavy atom. The molecule has 1 unspecified atom stereocenters. The van der Waals surface area contributed by atoms with Crippen molar-refractivity contribution in [3.8, 4) is 0 Å². The van der Waals surface area contributed by atoms with Crippen molar-refractivity contribution >= 4 is 21.8 Å². The predicted octanol–water partition coefficient (Wildman–Crippen LogP) is 2.59. The number of amides is 1. The number of halogens is 4. The zero-order valence-corrected chi connectivity index (χ0v) is 11.5. The lowest BCUT2D eigenvalue weighted by atomic mass is 10.3. The second-order valence-corrected chi connectivity index (χ2v) is 5.37. The van der Waals surface area contributed by atoms with E-state index < -0.39 is 12.8 Å². The highest BCUT2D eigenvalue weighted by molar-refractivity contribution is 9.09. The average Bonchev–Trinajstić information content (AvgIpc) is 2.19. The van der Waals surface area contributed by atoms with Crippen LogP contribution < -0.4 is 0 Å². The van der Waals surface area contributed by atoms with E-state index in [0.717, 1.165) is 6.42 Å². The van der Waals surface area contributed by atoms with Gasteiger partial charge in [0.05, 0.1) is 13.0 Å². The Kier molecular flexibility index (Phi) is 7.78. The van der Waals surface area contributed by atoms with Crippen LogP contribution in [0.25, 0.3) is 0 Å². The fourth-order valence-electron chi connectivity index (χ4n) is 1.03. The summed E-state index contributed by atoms with van der Waals surface area (Å²) < 4.78 is 39.5. The third-order valence-corrected chi connectivity index (χ3v) is 2.47. The number of hydrogen-bond acceptors (Lipinski definition) is 2. The average molecular weight is 320 g/mol. The minimum Gasteiger partial charge on any atom is -0.372 e.